The first-order valence-corrected chi connectivity index (χ1v) is 9.76. The molecule has 0 radical (unpaired) electrons. The van der Waals surface area contributed by atoms with Crippen molar-refractivity contribution < 1.29 is 28.9 Å². The first-order valence-electron chi connectivity index (χ1n) is 9.76. The number of aromatic amines is 1. The highest BCUT2D eigenvalue weighted by Gasteiger charge is 2.38. The maximum absolute atomic E-state index is 12.5. The third-order valence-corrected chi connectivity index (χ3v) is 5.02. The molecule has 0 saturated carbocycles. The van der Waals surface area contributed by atoms with Crippen LogP contribution in [0.5, 0.6) is 0 Å². The van der Waals surface area contributed by atoms with Crippen LogP contribution in [0.3, 0.4) is 0 Å². The van der Waals surface area contributed by atoms with Gasteiger partial charge in [0.05, 0.1) is 19.8 Å². The van der Waals surface area contributed by atoms with Gasteiger partial charge in [-0.25, -0.2) is 4.79 Å². The largest absolute Gasteiger partial charge is 0.460 e. The van der Waals surface area contributed by atoms with Crippen molar-refractivity contribution in [3.8, 4) is 0 Å². The number of hydrogen-bond acceptors (Lipinski definition) is 9. The number of carbonyl (C=O) groups is 2. The number of aliphatic hydroxyl groups excluding tert-OH is 1. The average Bonchev–Trinajstić information content (AvgIpc) is 3.10. The number of carbonyl (C=O) groups excluding carboxylic acids is 2. The summed E-state index contributed by atoms with van der Waals surface area (Å²) in [4.78, 5) is 52.3. The Kier molecular flexibility index (Phi) is 7.37. The molecule has 0 spiro atoms. The fourth-order valence-corrected chi connectivity index (χ4v) is 3.48. The van der Waals surface area contributed by atoms with E-state index in [1.165, 1.54) is 6.92 Å². The van der Waals surface area contributed by atoms with Gasteiger partial charge in [0.15, 0.2) is 0 Å². The molecule has 3 heterocycles. The van der Waals surface area contributed by atoms with E-state index in [1.54, 1.807) is 0 Å². The normalized spacial score (nSPS) is 24.5. The Labute approximate surface area is 171 Å². The monoisotopic (exact) mass is 426 g/mol. The van der Waals surface area contributed by atoms with Crippen LogP contribution in [0.2, 0.25) is 0 Å². The number of esters is 1. The van der Waals surface area contributed by atoms with Crippen LogP contribution >= 0.6 is 0 Å². The number of amides is 1. The number of nitrogens with one attached hydrogen (secondary N) is 2. The van der Waals surface area contributed by atoms with Crippen molar-refractivity contribution in [1.29, 1.82) is 0 Å². The van der Waals surface area contributed by atoms with Crippen molar-refractivity contribution in [1.82, 2.24) is 19.8 Å². The second-order valence-corrected chi connectivity index (χ2v) is 7.11. The van der Waals surface area contributed by atoms with E-state index in [2.05, 4.69) is 15.2 Å². The minimum absolute atomic E-state index is 0.0921. The zero-order valence-electron chi connectivity index (χ0n) is 16.7. The standard InChI is InChI=1S/C18H26N4O8/c1-11(24)29-13-8-15(30-14(13)10-23)22-9-12(17(26)20-18(22)27)16(25)19-2-3-21-4-6-28-7-5-21/h9,13-15,23H,2-8,10H2,1H3,(H,19,25)(H,20,26,27)/t13-,14-,15-/m1/s1. The number of ether oxygens (including phenoxy) is 3. The molecule has 166 valence electrons. The Morgan fingerprint density at radius 3 is 2.73 bits per heavy atom. The number of nitrogens with zero attached hydrogens (tertiary/aromatic N) is 2. The van der Waals surface area contributed by atoms with Crippen LogP contribution in [0.25, 0.3) is 0 Å². The average molecular weight is 426 g/mol. The van der Waals surface area contributed by atoms with Crippen LogP contribution in [-0.2, 0) is 19.0 Å². The van der Waals surface area contributed by atoms with Crippen molar-refractivity contribution in [3.05, 3.63) is 32.6 Å². The number of morpholine rings is 1. The van der Waals surface area contributed by atoms with E-state index in [0.29, 0.717) is 26.3 Å². The van der Waals surface area contributed by atoms with Crippen molar-refractivity contribution in [2.24, 2.45) is 0 Å². The summed E-state index contributed by atoms with van der Waals surface area (Å²) in [7, 11) is 0. The zero-order chi connectivity index (χ0) is 21.7. The lowest BCUT2D eigenvalue weighted by Crippen LogP contribution is -2.43. The van der Waals surface area contributed by atoms with E-state index in [1.807, 2.05) is 0 Å². The lowest BCUT2D eigenvalue weighted by Gasteiger charge is -2.26. The molecule has 12 heteroatoms. The Balaban J connectivity index is 1.69. The molecule has 0 unspecified atom stereocenters. The van der Waals surface area contributed by atoms with E-state index in [4.69, 9.17) is 14.2 Å². The molecule has 30 heavy (non-hydrogen) atoms. The molecular formula is C18H26N4O8. The minimum atomic E-state index is -0.907. The van der Waals surface area contributed by atoms with Crippen LogP contribution in [0.1, 0.15) is 29.9 Å². The first kappa shape index (κ1) is 22.2. The van der Waals surface area contributed by atoms with E-state index in [-0.39, 0.29) is 12.0 Å². The Hall–Kier alpha value is -2.54. The summed E-state index contributed by atoms with van der Waals surface area (Å²) in [6.45, 7) is 4.59. The molecule has 12 nitrogen and oxygen atoms in total. The van der Waals surface area contributed by atoms with Crippen LogP contribution in [-0.4, -0.2) is 89.6 Å². The first-order chi connectivity index (χ1) is 14.4. The van der Waals surface area contributed by atoms with Crippen LogP contribution in [0.15, 0.2) is 15.8 Å². The summed E-state index contributed by atoms with van der Waals surface area (Å²) < 4.78 is 17.0. The lowest BCUT2D eigenvalue weighted by molar-refractivity contribution is -0.150. The topological polar surface area (TPSA) is 152 Å². The van der Waals surface area contributed by atoms with Crippen molar-refractivity contribution >= 4 is 11.9 Å². The number of hydrogen-bond donors (Lipinski definition) is 3. The quantitative estimate of drug-likeness (QED) is 0.413. The third-order valence-electron chi connectivity index (χ3n) is 5.02. The molecule has 0 bridgehead atoms. The fourth-order valence-electron chi connectivity index (χ4n) is 3.48. The molecule has 1 amide bonds. The van der Waals surface area contributed by atoms with Gasteiger partial charge in [-0.15, -0.1) is 0 Å². The van der Waals surface area contributed by atoms with Gasteiger partial charge in [-0.2, -0.15) is 0 Å². The SMILES string of the molecule is CC(=O)O[C@@H]1C[C@H](n2cc(C(=O)NCCN3CCOCC3)c(=O)[nH]c2=O)O[C@@H]1CO. The summed E-state index contributed by atoms with van der Waals surface area (Å²) in [6, 6.07) is 0. The number of rotatable bonds is 7. The fraction of sp³-hybridized carbons (Fsp3) is 0.667. The molecule has 0 aliphatic carbocycles. The van der Waals surface area contributed by atoms with Gasteiger partial charge < -0.3 is 24.6 Å². The van der Waals surface area contributed by atoms with Crippen molar-refractivity contribution in [3.63, 3.8) is 0 Å². The molecule has 0 aromatic carbocycles. The summed E-state index contributed by atoms with van der Waals surface area (Å²) in [5.41, 5.74) is -1.82. The summed E-state index contributed by atoms with van der Waals surface area (Å²) >= 11 is 0. The highest BCUT2D eigenvalue weighted by molar-refractivity contribution is 5.93. The predicted molar refractivity (Wildman–Crippen MR) is 102 cm³/mol. The molecule has 3 atom stereocenters. The number of H-pyrrole nitrogens is 1. The van der Waals surface area contributed by atoms with Crippen LogP contribution in [0, 0.1) is 0 Å². The van der Waals surface area contributed by atoms with Gasteiger partial charge in [-0.3, -0.25) is 28.8 Å². The highest BCUT2D eigenvalue weighted by Crippen LogP contribution is 2.29. The molecular weight excluding hydrogens is 400 g/mol. The van der Waals surface area contributed by atoms with Crippen molar-refractivity contribution in [2.75, 3.05) is 46.0 Å². The minimum Gasteiger partial charge on any atom is -0.460 e. The Morgan fingerprint density at radius 1 is 1.33 bits per heavy atom. The Morgan fingerprint density at radius 2 is 2.07 bits per heavy atom. The Bertz CT molecular complexity index is 876. The van der Waals surface area contributed by atoms with Gasteiger partial charge >= 0.3 is 11.7 Å². The van der Waals surface area contributed by atoms with Crippen LogP contribution in [0.4, 0.5) is 0 Å². The van der Waals surface area contributed by atoms with Gasteiger partial charge in [0, 0.05) is 45.7 Å². The van der Waals surface area contributed by atoms with Gasteiger partial charge in [0.25, 0.3) is 11.5 Å². The maximum Gasteiger partial charge on any atom is 0.330 e. The second kappa shape index (κ2) is 9.98. The smallest absolute Gasteiger partial charge is 0.330 e. The number of aromatic nitrogens is 2. The third kappa shape index (κ3) is 5.33. The summed E-state index contributed by atoms with van der Waals surface area (Å²) in [6.07, 6.45) is -1.25. The lowest BCUT2D eigenvalue weighted by atomic mass is 10.2. The van der Waals surface area contributed by atoms with E-state index >= 15 is 0 Å². The van der Waals surface area contributed by atoms with E-state index < -0.39 is 48.2 Å². The van der Waals surface area contributed by atoms with Crippen LogP contribution < -0.4 is 16.6 Å². The van der Waals surface area contributed by atoms with E-state index in [0.717, 1.165) is 23.9 Å². The zero-order valence-corrected chi connectivity index (χ0v) is 16.7. The summed E-state index contributed by atoms with van der Waals surface area (Å²) in [5, 5.41) is 12.1. The predicted octanol–water partition coefficient (Wildman–Crippen LogP) is -2.19. The highest BCUT2D eigenvalue weighted by atomic mass is 16.6. The van der Waals surface area contributed by atoms with Gasteiger partial charge in [0.1, 0.15) is 24.0 Å². The van der Waals surface area contributed by atoms with Gasteiger partial charge in [-0.05, 0) is 0 Å². The molecule has 2 saturated heterocycles. The van der Waals surface area contributed by atoms with Gasteiger partial charge in [0.2, 0.25) is 0 Å². The van der Waals surface area contributed by atoms with Gasteiger partial charge in [-0.1, -0.05) is 0 Å². The molecule has 1 aromatic rings. The molecule has 2 aliphatic heterocycles. The summed E-state index contributed by atoms with van der Waals surface area (Å²) in [5.74, 6) is -1.16. The molecule has 3 rings (SSSR count). The second-order valence-electron chi connectivity index (χ2n) is 7.11. The maximum atomic E-state index is 12.5. The molecule has 3 N–H and O–H groups in total. The molecule has 2 aliphatic rings. The molecule has 2 fully saturated rings. The van der Waals surface area contributed by atoms with Crippen molar-refractivity contribution in [2.45, 2.75) is 31.8 Å². The number of aliphatic hydroxyl groups is 1. The van der Waals surface area contributed by atoms with E-state index in [9.17, 15) is 24.3 Å². The molecule has 1 aromatic heterocycles.